The zero-order valence-corrected chi connectivity index (χ0v) is 30.2. The van der Waals surface area contributed by atoms with Crippen molar-refractivity contribution in [1.82, 2.24) is 0 Å². The van der Waals surface area contributed by atoms with Gasteiger partial charge in [-0.15, -0.1) is 0 Å². The molecule has 0 N–H and O–H groups in total. The molecule has 2 heteroatoms. The van der Waals surface area contributed by atoms with Gasteiger partial charge in [0.05, 0.1) is 11.4 Å². The van der Waals surface area contributed by atoms with Crippen LogP contribution in [0.5, 0.6) is 0 Å². The minimum Gasteiger partial charge on any atom is -0.310 e. The molecular weight excluding hydrogens is 641 g/mol. The number of hydrogen-bond donors (Lipinski definition) is 0. The summed E-state index contributed by atoms with van der Waals surface area (Å²) in [5, 5.41) is 0. The minimum absolute atomic E-state index is 0.0758. The molecule has 256 valence electrons. The molecular formula is C51H42N2. The van der Waals surface area contributed by atoms with E-state index in [4.69, 9.17) is 0 Å². The molecule has 0 aromatic heterocycles. The molecule has 1 spiro atoms. The summed E-state index contributed by atoms with van der Waals surface area (Å²) in [6, 6.07) is 61.6. The normalized spacial score (nSPS) is 19.9. The van der Waals surface area contributed by atoms with Crippen LogP contribution in [0.3, 0.4) is 0 Å². The summed E-state index contributed by atoms with van der Waals surface area (Å²) in [4.78, 5) is 5.15. The molecule has 0 bridgehead atoms. The Morgan fingerprint density at radius 3 is 1.64 bits per heavy atom. The Balaban J connectivity index is 1.15. The molecule has 1 saturated carbocycles. The van der Waals surface area contributed by atoms with Crippen LogP contribution in [0.1, 0.15) is 51.8 Å². The molecule has 0 heterocycles. The summed E-state index contributed by atoms with van der Waals surface area (Å²) in [6.45, 7) is 2.25. The number of rotatable bonds is 6. The topological polar surface area (TPSA) is 6.48 Å². The van der Waals surface area contributed by atoms with Gasteiger partial charge in [0.15, 0.2) is 0 Å². The van der Waals surface area contributed by atoms with Crippen molar-refractivity contribution in [1.29, 1.82) is 0 Å². The van der Waals surface area contributed by atoms with Crippen molar-refractivity contribution in [2.24, 2.45) is 11.8 Å². The Hall–Kier alpha value is -5.86. The van der Waals surface area contributed by atoms with Crippen LogP contribution in [-0.4, -0.2) is 0 Å². The van der Waals surface area contributed by atoms with E-state index in [9.17, 15) is 0 Å². The van der Waals surface area contributed by atoms with E-state index in [-0.39, 0.29) is 5.41 Å². The van der Waals surface area contributed by atoms with Crippen LogP contribution in [0.25, 0.3) is 11.1 Å². The zero-order chi connectivity index (χ0) is 35.1. The van der Waals surface area contributed by atoms with Crippen LogP contribution in [0.15, 0.2) is 164 Å². The van der Waals surface area contributed by atoms with Crippen molar-refractivity contribution in [3.63, 3.8) is 0 Å². The van der Waals surface area contributed by atoms with Crippen LogP contribution in [0.2, 0.25) is 0 Å². The van der Waals surface area contributed by atoms with Gasteiger partial charge in [0.2, 0.25) is 0 Å². The number of benzene rings is 7. The maximum atomic E-state index is 2.59. The van der Waals surface area contributed by atoms with E-state index in [0.29, 0.717) is 11.8 Å². The first-order chi connectivity index (χ1) is 26.2. The van der Waals surface area contributed by atoms with E-state index in [2.05, 4.69) is 181 Å². The van der Waals surface area contributed by atoms with E-state index in [0.717, 1.165) is 19.3 Å². The Kier molecular flexibility index (Phi) is 6.86. The molecule has 3 unspecified atom stereocenters. The SMILES string of the molecule is Cc1ccccc1N(c1ccccc1)c1cccc2c1C13c4c(cccc4N(c4ccccc4)c4ccc5c(c4)Cc4ccccc4-5)CC1CCC3C2. The van der Waals surface area contributed by atoms with Crippen molar-refractivity contribution in [2.75, 3.05) is 9.80 Å². The van der Waals surface area contributed by atoms with Crippen molar-refractivity contribution in [3.05, 3.63) is 203 Å². The van der Waals surface area contributed by atoms with Gasteiger partial charge in [-0.05, 0) is 156 Å². The highest BCUT2D eigenvalue weighted by atomic mass is 15.2. The number of aryl methyl sites for hydroxylation is 1. The van der Waals surface area contributed by atoms with E-state index >= 15 is 0 Å². The number of hydrogen-bond acceptors (Lipinski definition) is 2. The first kappa shape index (κ1) is 30.7. The standard InChI is InChI=1S/C51H42N2/c1-34-14-8-11-23-46(34)53(42-20-6-3-7-21-42)48-25-13-17-37-32-40-27-26-39-31-36-16-12-24-47(49(36)51(39,40)50(37)48)52(41-18-4-2-5-19-41)43-28-29-45-38(33-43)30-35-15-9-10-22-44(35)45/h2-25,28-29,33,39-40H,26-27,30-32H2,1H3. The van der Waals surface area contributed by atoms with Crippen LogP contribution >= 0.6 is 0 Å². The summed E-state index contributed by atoms with van der Waals surface area (Å²) >= 11 is 0. The fraction of sp³-hybridized carbons (Fsp3) is 0.176. The molecule has 53 heavy (non-hydrogen) atoms. The second-order valence-electron chi connectivity index (χ2n) is 15.7. The Bertz CT molecular complexity index is 2530. The van der Waals surface area contributed by atoms with Gasteiger partial charge in [-0.3, -0.25) is 0 Å². The Labute approximate surface area is 313 Å². The molecule has 7 aromatic carbocycles. The summed E-state index contributed by atoms with van der Waals surface area (Å²) in [5.41, 5.74) is 20.5. The monoisotopic (exact) mass is 682 g/mol. The van der Waals surface area contributed by atoms with Gasteiger partial charge in [0, 0.05) is 28.2 Å². The molecule has 1 fully saturated rings. The van der Waals surface area contributed by atoms with E-state index in [1.54, 1.807) is 11.1 Å². The van der Waals surface area contributed by atoms with Gasteiger partial charge >= 0.3 is 0 Å². The zero-order valence-electron chi connectivity index (χ0n) is 30.2. The molecule has 4 aliphatic rings. The lowest BCUT2D eigenvalue weighted by Crippen LogP contribution is -2.34. The van der Waals surface area contributed by atoms with E-state index in [1.807, 2.05) is 0 Å². The third-order valence-electron chi connectivity index (χ3n) is 13.1. The Morgan fingerprint density at radius 2 is 0.962 bits per heavy atom. The molecule has 7 aromatic rings. The van der Waals surface area contributed by atoms with Crippen LogP contribution in [0, 0.1) is 18.8 Å². The Morgan fingerprint density at radius 1 is 0.434 bits per heavy atom. The summed E-state index contributed by atoms with van der Waals surface area (Å²) in [7, 11) is 0. The number of anilines is 6. The maximum absolute atomic E-state index is 2.59. The van der Waals surface area contributed by atoms with Crippen molar-refractivity contribution < 1.29 is 0 Å². The predicted molar refractivity (Wildman–Crippen MR) is 220 cm³/mol. The summed E-state index contributed by atoms with van der Waals surface area (Å²) in [5.74, 6) is 1.13. The highest BCUT2D eigenvalue weighted by Crippen LogP contribution is 2.69. The second-order valence-corrected chi connectivity index (χ2v) is 15.7. The molecule has 2 nitrogen and oxygen atoms in total. The highest BCUT2D eigenvalue weighted by molar-refractivity contribution is 5.88. The molecule has 0 amide bonds. The van der Waals surface area contributed by atoms with Gasteiger partial charge in [-0.2, -0.15) is 0 Å². The molecule has 3 atom stereocenters. The average Bonchev–Trinajstić information content (AvgIpc) is 3.93. The van der Waals surface area contributed by atoms with Gasteiger partial charge in [0.25, 0.3) is 0 Å². The first-order valence-corrected chi connectivity index (χ1v) is 19.4. The number of nitrogens with zero attached hydrogens (tertiary/aromatic N) is 2. The lowest BCUT2D eigenvalue weighted by molar-refractivity contribution is 0.350. The maximum Gasteiger partial charge on any atom is 0.0505 e. The average molecular weight is 683 g/mol. The van der Waals surface area contributed by atoms with Gasteiger partial charge in [0.1, 0.15) is 0 Å². The fourth-order valence-electron chi connectivity index (χ4n) is 11.1. The van der Waals surface area contributed by atoms with Gasteiger partial charge in [-0.1, -0.05) is 109 Å². The van der Waals surface area contributed by atoms with Crippen molar-refractivity contribution >= 4 is 34.1 Å². The molecule has 4 aliphatic carbocycles. The van der Waals surface area contributed by atoms with Crippen LogP contribution < -0.4 is 9.80 Å². The van der Waals surface area contributed by atoms with E-state index in [1.165, 1.54) is 85.9 Å². The van der Waals surface area contributed by atoms with Gasteiger partial charge < -0.3 is 9.80 Å². The molecule has 0 radical (unpaired) electrons. The third-order valence-corrected chi connectivity index (χ3v) is 13.1. The smallest absolute Gasteiger partial charge is 0.0505 e. The van der Waals surface area contributed by atoms with E-state index < -0.39 is 0 Å². The predicted octanol–water partition coefficient (Wildman–Crippen LogP) is 12.9. The lowest BCUT2D eigenvalue weighted by Gasteiger charge is -2.40. The number of fused-ring (bicyclic) bond motifs is 5. The van der Waals surface area contributed by atoms with Crippen molar-refractivity contribution in [3.8, 4) is 11.1 Å². The molecule has 0 saturated heterocycles. The lowest BCUT2D eigenvalue weighted by atomic mass is 9.68. The second kappa shape index (κ2) is 11.8. The molecule has 11 rings (SSSR count). The summed E-state index contributed by atoms with van der Waals surface area (Å²) < 4.78 is 0. The van der Waals surface area contributed by atoms with Gasteiger partial charge in [-0.25, -0.2) is 0 Å². The summed E-state index contributed by atoms with van der Waals surface area (Å²) in [6.07, 6.45) is 5.78. The van der Waals surface area contributed by atoms with Crippen LogP contribution in [0.4, 0.5) is 34.1 Å². The molecule has 0 aliphatic heterocycles. The van der Waals surface area contributed by atoms with Crippen LogP contribution in [-0.2, 0) is 24.7 Å². The minimum atomic E-state index is -0.0758. The largest absolute Gasteiger partial charge is 0.310 e. The fourth-order valence-corrected chi connectivity index (χ4v) is 11.1. The first-order valence-electron chi connectivity index (χ1n) is 19.4. The van der Waals surface area contributed by atoms with Crippen molar-refractivity contribution in [2.45, 2.75) is 44.4 Å². The third kappa shape index (κ3) is 4.45. The number of para-hydroxylation sites is 3. The quantitative estimate of drug-likeness (QED) is 0.172. The highest BCUT2D eigenvalue weighted by Gasteiger charge is 2.62.